The van der Waals surface area contributed by atoms with Gasteiger partial charge in [0.05, 0.1) is 28.9 Å². The minimum Gasteiger partial charge on any atom is -0.395 e. The van der Waals surface area contributed by atoms with Crippen molar-refractivity contribution in [3.05, 3.63) is 24.5 Å². The second-order valence-corrected chi connectivity index (χ2v) is 9.26. The van der Waals surface area contributed by atoms with Crippen LogP contribution in [0, 0.1) is 0 Å². The van der Waals surface area contributed by atoms with Crippen molar-refractivity contribution in [1.29, 1.82) is 0 Å². The molecule has 2 saturated heterocycles. The first kappa shape index (κ1) is 18.8. The lowest BCUT2D eigenvalue weighted by molar-refractivity contribution is 0.0645. The lowest BCUT2D eigenvalue weighted by Crippen LogP contribution is -2.54. The number of nitrogens with zero attached hydrogens (tertiary/aromatic N) is 4. The highest BCUT2D eigenvalue weighted by molar-refractivity contribution is 7.89. The molecule has 0 aliphatic carbocycles. The number of piperazine rings is 1. The van der Waals surface area contributed by atoms with Crippen LogP contribution < -0.4 is 0 Å². The summed E-state index contributed by atoms with van der Waals surface area (Å²) in [5.41, 5.74) is 1.51. The molecule has 0 amide bonds. The van der Waals surface area contributed by atoms with E-state index in [1.807, 2.05) is 0 Å². The zero-order chi connectivity index (χ0) is 18.9. The van der Waals surface area contributed by atoms with Crippen molar-refractivity contribution in [2.75, 3.05) is 52.4 Å². The lowest BCUT2D eigenvalue weighted by Gasteiger charge is -2.42. The van der Waals surface area contributed by atoms with Gasteiger partial charge in [-0.15, -0.1) is 0 Å². The van der Waals surface area contributed by atoms with E-state index in [0.717, 1.165) is 56.6 Å². The Morgan fingerprint density at radius 3 is 2.56 bits per heavy atom. The summed E-state index contributed by atoms with van der Waals surface area (Å²) in [5.74, 6) is 0. The molecule has 0 atom stereocenters. The number of hydrogen-bond acceptors (Lipinski definition) is 6. The largest absolute Gasteiger partial charge is 0.395 e. The van der Waals surface area contributed by atoms with E-state index in [0.29, 0.717) is 24.0 Å². The van der Waals surface area contributed by atoms with Crippen molar-refractivity contribution < 1.29 is 13.5 Å². The highest BCUT2D eigenvalue weighted by atomic mass is 32.2. The van der Waals surface area contributed by atoms with Gasteiger partial charge in [-0.25, -0.2) is 13.4 Å². The lowest BCUT2D eigenvalue weighted by atomic mass is 10.0. The molecule has 1 aromatic carbocycles. The predicted octanol–water partition coefficient (Wildman–Crippen LogP) is 0.326. The van der Waals surface area contributed by atoms with Crippen molar-refractivity contribution in [3.8, 4) is 0 Å². The number of imidazole rings is 1. The molecule has 0 bridgehead atoms. The molecule has 2 fully saturated rings. The van der Waals surface area contributed by atoms with E-state index in [-0.39, 0.29) is 6.61 Å². The molecule has 2 aliphatic heterocycles. The number of rotatable bonds is 5. The molecule has 0 radical (unpaired) electrons. The molecule has 1 aromatic heterocycles. The van der Waals surface area contributed by atoms with Crippen LogP contribution in [0.3, 0.4) is 0 Å². The quantitative estimate of drug-likeness (QED) is 0.760. The van der Waals surface area contributed by atoms with Crippen LogP contribution in [0.25, 0.3) is 11.0 Å². The number of H-pyrrole nitrogens is 1. The Hall–Kier alpha value is -1.52. The van der Waals surface area contributed by atoms with Crippen LogP contribution in [-0.4, -0.2) is 96.1 Å². The first-order valence-corrected chi connectivity index (χ1v) is 11.0. The summed E-state index contributed by atoms with van der Waals surface area (Å²) in [6.07, 6.45) is 3.31. The number of nitrogens with one attached hydrogen (secondary N) is 1. The van der Waals surface area contributed by atoms with Gasteiger partial charge < -0.3 is 10.1 Å². The topological polar surface area (TPSA) is 92.8 Å². The van der Waals surface area contributed by atoms with E-state index in [4.69, 9.17) is 5.11 Å². The number of aromatic amines is 1. The van der Waals surface area contributed by atoms with Crippen LogP contribution in [-0.2, 0) is 10.0 Å². The maximum atomic E-state index is 13.0. The first-order valence-electron chi connectivity index (χ1n) is 9.58. The van der Waals surface area contributed by atoms with Gasteiger partial charge in [-0.3, -0.25) is 9.80 Å². The normalized spacial score (nSPS) is 21.8. The molecule has 9 heteroatoms. The number of β-amino-alcohol motifs (C(OH)–C–C–N with tert-alkyl or cyclic N) is 1. The maximum Gasteiger partial charge on any atom is 0.243 e. The summed E-state index contributed by atoms with van der Waals surface area (Å²) in [6, 6.07) is 5.51. The SMILES string of the molecule is O=S(=O)(c1ccc2nc[nH]c2c1)N1CCC(N2CCN(CCO)CC2)CC1. The number of fused-ring (bicyclic) bond motifs is 1. The second kappa shape index (κ2) is 7.84. The maximum absolute atomic E-state index is 13.0. The first-order chi connectivity index (χ1) is 13.1. The zero-order valence-corrected chi connectivity index (χ0v) is 16.2. The molecule has 2 aromatic rings. The van der Waals surface area contributed by atoms with E-state index < -0.39 is 10.0 Å². The van der Waals surface area contributed by atoms with Gasteiger partial charge in [0.1, 0.15) is 0 Å². The Morgan fingerprint density at radius 1 is 1.11 bits per heavy atom. The Kier molecular flexibility index (Phi) is 5.47. The number of hydrogen-bond donors (Lipinski definition) is 2. The van der Waals surface area contributed by atoms with Gasteiger partial charge in [-0.05, 0) is 31.0 Å². The van der Waals surface area contributed by atoms with Crippen LogP contribution in [0.1, 0.15) is 12.8 Å². The molecule has 0 saturated carbocycles. The van der Waals surface area contributed by atoms with E-state index in [1.165, 1.54) is 0 Å². The zero-order valence-electron chi connectivity index (χ0n) is 15.4. The second-order valence-electron chi connectivity index (χ2n) is 7.32. The van der Waals surface area contributed by atoms with Crippen LogP contribution in [0.4, 0.5) is 0 Å². The summed E-state index contributed by atoms with van der Waals surface area (Å²) in [5, 5.41) is 9.06. The minimum atomic E-state index is -3.47. The number of sulfonamides is 1. The van der Waals surface area contributed by atoms with Gasteiger partial charge in [-0.1, -0.05) is 0 Å². The van der Waals surface area contributed by atoms with Gasteiger partial charge in [0, 0.05) is 51.9 Å². The van der Waals surface area contributed by atoms with Crippen molar-refractivity contribution >= 4 is 21.1 Å². The van der Waals surface area contributed by atoms with Crippen molar-refractivity contribution in [1.82, 2.24) is 24.1 Å². The fraction of sp³-hybridized carbons (Fsp3) is 0.611. The summed E-state index contributed by atoms with van der Waals surface area (Å²) in [7, 11) is -3.47. The average Bonchev–Trinajstić information content (AvgIpc) is 3.17. The van der Waals surface area contributed by atoms with Gasteiger partial charge in [-0.2, -0.15) is 4.31 Å². The number of piperidine rings is 1. The number of benzene rings is 1. The van der Waals surface area contributed by atoms with Crippen molar-refractivity contribution in [2.45, 2.75) is 23.8 Å². The van der Waals surface area contributed by atoms with Gasteiger partial charge >= 0.3 is 0 Å². The molecule has 148 valence electrons. The summed E-state index contributed by atoms with van der Waals surface area (Å²) >= 11 is 0. The number of aliphatic hydroxyl groups excluding tert-OH is 1. The van der Waals surface area contributed by atoms with Gasteiger partial charge in [0.2, 0.25) is 10.0 Å². The molecule has 0 unspecified atom stereocenters. The third-order valence-electron chi connectivity index (χ3n) is 5.79. The van der Waals surface area contributed by atoms with Crippen LogP contribution in [0.5, 0.6) is 0 Å². The Labute approximate surface area is 159 Å². The monoisotopic (exact) mass is 393 g/mol. The van der Waals surface area contributed by atoms with E-state index >= 15 is 0 Å². The van der Waals surface area contributed by atoms with Gasteiger partial charge in [0.15, 0.2) is 0 Å². The Bertz CT molecular complexity index is 868. The molecule has 2 aliphatic rings. The smallest absolute Gasteiger partial charge is 0.243 e. The molecule has 3 heterocycles. The molecule has 0 spiro atoms. The molecular weight excluding hydrogens is 366 g/mol. The molecular formula is C18H27N5O3S. The third kappa shape index (κ3) is 3.88. The predicted molar refractivity (Wildman–Crippen MR) is 103 cm³/mol. The Morgan fingerprint density at radius 2 is 1.85 bits per heavy atom. The van der Waals surface area contributed by atoms with Crippen LogP contribution in [0.2, 0.25) is 0 Å². The van der Waals surface area contributed by atoms with Crippen LogP contribution in [0.15, 0.2) is 29.4 Å². The molecule has 8 nitrogen and oxygen atoms in total. The van der Waals surface area contributed by atoms with Crippen LogP contribution >= 0.6 is 0 Å². The summed E-state index contributed by atoms with van der Waals surface area (Å²) in [6.45, 7) is 6.01. The number of aromatic nitrogens is 2. The molecule has 4 rings (SSSR count). The van der Waals surface area contributed by atoms with E-state index in [9.17, 15) is 8.42 Å². The summed E-state index contributed by atoms with van der Waals surface area (Å²) in [4.78, 5) is 12.2. The van der Waals surface area contributed by atoms with Gasteiger partial charge in [0.25, 0.3) is 0 Å². The highest BCUT2D eigenvalue weighted by Crippen LogP contribution is 2.25. The molecule has 2 N–H and O–H groups in total. The standard InChI is InChI=1S/C18H27N5O3S/c24-12-11-21-7-9-22(10-8-21)15-3-5-23(6-4-15)27(25,26)16-1-2-17-18(13-16)20-14-19-17/h1-2,13-15,24H,3-12H2,(H,19,20). The minimum absolute atomic E-state index is 0.209. The summed E-state index contributed by atoms with van der Waals surface area (Å²) < 4.78 is 27.6. The third-order valence-corrected chi connectivity index (χ3v) is 7.69. The van der Waals surface area contributed by atoms with Crippen molar-refractivity contribution in [3.63, 3.8) is 0 Å². The Balaban J connectivity index is 1.37. The number of aliphatic hydroxyl groups is 1. The molecule has 27 heavy (non-hydrogen) atoms. The fourth-order valence-electron chi connectivity index (χ4n) is 4.17. The van der Waals surface area contributed by atoms with Crippen molar-refractivity contribution in [2.24, 2.45) is 0 Å². The highest BCUT2D eigenvalue weighted by Gasteiger charge is 2.32. The average molecular weight is 394 g/mol. The van der Waals surface area contributed by atoms with E-state index in [2.05, 4.69) is 19.8 Å². The fourth-order valence-corrected chi connectivity index (χ4v) is 5.66. The van der Waals surface area contributed by atoms with E-state index in [1.54, 1.807) is 28.8 Å².